The minimum atomic E-state index is -0.951. The van der Waals surface area contributed by atoms with Crippen molar-refractivity contribution in [3.05, 3.63) is 28.3 Å². The van der Waals surface area contributed by atoms with Gasteiger partial charge in [-0.1, -0.05) is 0 Å². The molecule has 1 aliphatic rings. The van der Waals surface area contributed by atoms with Gasteiger partial charge in [-0.3, -0.25) is 19.7 Å². The molecule has 0 saturated heterocycles. The molecule has 0 bridgehead atoms. The molecular formula is C14H16N2O6. The molecule has 1 N–H and O–H groups in total. The summed E-state index contributed by atoms with van der Waals surface area (Å²) in [6.07, 6.45) is 0.639. The van der Waals surface area contributed by atoms with Gasteiger partial charge in [0, 0.05) is 6.07 Å². The lowest BCUT2D eigenvalue weighted by Gasteiger charge is -2.15. The Hall–Kier alpha value is -2.64. The summed E-state index contributed by atoms with van der Waals surface area (Å²) in [5.74, 6) is -0.841. The van der Waals surface area contributed by atoms with Crippen molar-refractivity contribution in [2.24, 2.45) is 5.92 Å². The number of rotatable bonds is 6. The van der Waals surface area contributed by atoms with Crippen molar-refractivity contribution in [3.8, 4) is 5.75 Å². The normalized spacial score (nSPS) is 14.8. The summed E-state index contributed by atoms with van der Waals surface area (Å²) in [4.78, 5) is 33.7. The third-order valence-electron chi connectivity index (χ3n) is 3.23. The van der Waals surface area contributed by atoms with E-state index in [-0.39, 0.29) is 29.0 Å². The molecule has 1 aliphatic carbocycles. The SMILES string of the molecule is COc1cc([N+](=O)[O-])ccc1NC(=O)[C@@H](C)OC(=O)C1CC1. The molecule has 1 saturated carbocycles. The molecule has 1 fully saturated rings. The third-order valence-corrected chi connectivity index (χ3v) is 3.23. The van der Waals surface area contributed by atoms with Crippen LogP contribution in [0.1, 0.15) is 19.8 Å². The van der Waals surface area contributed by atoms with Gasteiger partial charge in [-0.05, 0) is 25.8 Å². The fraction of sp³-hybridized carbons (Fsp3) is 0.429. The lowest BCUT2D eigenvalue weighted by molar-refractivity contribution is -0.384. The lowest BCUT2D eigenvalue weighted by atomic mass is 10.2. The number of carbonyl (C=O) groups is 2. The van der Waals surface area contributed by atoms with Gasteiger partial charge < -0.3 is 14.8 Å². The minimum absolute atomic E-state index is 0.0934. The Balaban J connectivity index is 2.03. The second-order valence-electron chi connectivity index (χ2n) is 4.98. The number of non-ortho nitro benzene ring substituents is 1. The van der Waals surface area contributed by atoms with Crippen molar-refractivity contribution in [2.45, 2.75) is 25.9 Å². The molecule has 0 unspecified atom stereocenters. The maximum atomic E-state index is 12.0. The van der Waals surface area contributed by atoms with Crippen LogP contribution in [0.2, 0.25) is 0 Å². The monoisotopic (exact) mass is 308 g/mol. The van der Waals surface area contributed by atoms with Gasteiger partial charge in [0.1, 0.15) is 5.75 Å². The molecule has 2 rings (SSSR count). The second kappa shape index (κ2) is 6.42. The first-order valence-electron chi connectivity index (χ1n) is 6.76. The van der Waals surface area contributed by atoms with E-state index < -0.39 is 16.9 Å². The summed E-state index contributed by atoms with van der Waals surface area (Å²) in [5, 5.41) is 13.2. The predicted molar refractivity (Wildman–Crippen MR) is 76.6 cm³/mol. The highest BCUT2D eigenvalue weighted by Gasteiger charge is 2.33. The van der Waals surface area contributed by atoms with Crippen LogP contribution in [0.15, 0.2) is 18.2 Å². The summed E-state index contributed by atoms with van der Waals surface area (Å²) < 4.78 is 10.1. The zero-order valence-electron chi connectivity index (χ0n) is 12.2. The van der Waals surface area contributed by atoms with E-state index in [9.17, 15) is 19.7 Å². The number of esters is 1. The van der Waals surface area contributed by atoms with E-state index in [2.05, 4.69) is 5.32 Å². The molecule has 1 atom stereocenters. The second-order valence-corrected chi connectivity index (χ2v) is 4.98. The van der Waals surface area contributed by atoms with E-state index in [1.165, 1.54) is 32.2 Å². The van der Waals surface area contributed by atoms with Gasteiger partial charge in [0.2, 0.25) is 0 Å². The van der Waals surface area contributed by atoms with Gasteiger partial charge >= 0.3 is 5.97 Å². The highest BCUT2D eigenvalue weighted by molar-refractivity contribution is 5.96. The number of carbonyl (C=O) groups excluding carboxylic acids is 2. The average Bonchev–Trinajstić information content (AvgIpc) is 3.31. The molecule has 118 valence electrons. The number of anilines is 1. The number of nitro groups is 1. The summed E-state index contributed by atoms with van der Waals surface area (Å²) in [6.45, 7) is 1.47. The largest absolute Gasteiger partial charge is 0.494 e. The Morgan fingerprint density at radius 3 is 2.64 bits per heavy atom. The Morgan fingerprint density at radius 1 is 1.41 bits per heavy atom. The number of nitrogens with zero attached hydrogens (tertiary/aromatic N) is 1. The van der Waals surface area contributed by atoms with Crippen LogP contribution in [0, 0.1) is 16.0 Å². The van der Waals surface area contributed by atoms with Gasteiger partial charge in [-0.25, -0.2) is 0 Å². The fourth-order valence-electron chi connectivity index (χ4n) is 1.77. The molecule has 0 aliphatic heterocycles. The Bertz CT molecular complexity index is 611. The zero-order valence-corrected chi connectivity index (χ0v) is 12.2. The van der Waals surface area contributed by atoms with Gasteiger partial charge in [0.15, 0.2) is 6.10 Å². The van der Waals surface area contributed by atoms with Gasteiger partial charge in [-0.15, -0.1) is 0 Å². The highest BCUT2D eigenvalue weighted by Crippen LogP contribution is 2.31. The molecule has 8 nitrogen and oxygen atoms in total. The van der Waals surface area contributed by atoms with Gasteiger partial charge in [-0.2, -0.15) is 0 Å². The minimum Gasteiger partial charge on any atom is -0.494 e. The number of ether oxygens (including phenoxy) is 2. The molecule has 1 aromatic rings. The van der Waals surface area contributed by atoms with E-state index in [0.29, 0.717) is 0 Å². The first kappa shape index (κ1) is 15.7. The van der Waals surface area contributed by atoms with E-state index in [0.717, 1.165) is 12.8 Å². The molecule has 22 heavy (non-hydrogen) atoms. The first-order valence-corrected chi connectivity index (χ1v) is 6.76. The predicted octanol–water partition coefficient (Wildman–Crippen LogP) is 1.88. The van der Waals surface area contributed by atoms with Crippen molar-refractivity contribution in [2.75, 3.05) is 12.4 Å². The van der Waals surface area contributed by atoms with E-state index in [4.69, 9.17) is 9.47 Å². The van der Waals surface area contributed by atoms with Crippen molar-refractivity contribution in [3.63, 3.8) is 0 Å². The summed E-state index contributed by atoms with van der Waals surface area (Å²) >= 11 is 0. The highest BCUT2D eigenvalue weighted by atomic mass is 16.6. The topological polar surface area (TPSA) is 108 Å². The standard InChI is InChI=1S/C14H16N2O6/c1-8(22-14(18)9-3-4-9)13(17)15-11-6-5-10(16(19)20)7-12(11)21-2/h5-9H,3-4H2,1-2H3,(H,15,17)/t8-/m1/s1. The van der Waals surface area contributed by atoms with Crippen LogP contribution in [0.25, 0.3) is 0 Å². The molecule has 8 heteroatoms. The van der Waals surface area contributed by atoms with Crippen LogP contribution in [0.3, 0.4) is 0 Å². The lowest BCUT2D eigenvalue weighted by Crippen LogP contribution is -2.30. The van der Waals surface area contributed by atoms with Crippen LogP contribution < -0.4 is 10.1 Å². The number of benzene rings is 1. The molecule has 0 spiro atoms. The average molecular weight is 308 g/mol. The first-order chi connectivity index (χ1) is 10.4. The smallest absolute Gasteiger partial charge is 0.309 e. The van der Waals surface area contributed by atoms with Gasteiger partial charge in [0.25, 0.3) is 11.6 Å². The van der Waals surface area contributed by atoms with E-state index >= 15 is 0 Å². The number of methoxy groups -OCH3 is 1. The molecule has 1 aromatic carbocycles. The Labute approximate surface area is 126 Å². The van der Waals surface area contributed by atoms with E-state index in [1.807, 2.05) is 0 Å². The maximum Gasteiger partial charge on any atom is 0.309 e. The van der Waals surface area contributed by atoms with Crippen LogP contribution >= 0.6 is 0 Å². The molecule has 0 aromatic heterocycles. The van der Waals surface area contributed by atoms with Crippen LogP contribution in [0.5, 0.6) is 5.75 Å². The number of hydrogen-bond donors (Lipinski definition) is 1. The van der Waals surface area contributed by atoms with Crippen molar-refractivity contribution >= 4 is 23.3 Å². The van der Waals surface area contributed by atoms with E-state index in [1.54, 1.807) is 0 Å². The van der Waals surface area contributed by atoms with Crippen molar-refractivity contribution < 1.29 is 24.0 Å². The number of hydrogen-bond acceptors (Lipinski definition) is 6. The Morgan fingerprint density at radius 2 is 2.09 bits per heavy atom. The van der Waals surface area contributed by atoms with Gasteiger partial charge in [0.05, 0.1) is 29.7 Å². The summed E-state index contributed by atoms with van der Waals surface area (Å²) in [5.41, 5.74) is 0.121. The summed E-state index contributed by atoms with van der Waals surface area (Å²) in [6, 6.07) is 3.82. The third kappa shape index (κ3) is 3.72. The number of nitro benzene ring substituents is 1. The molecule has 0 heterocycles. The maximum absolute atomic E-state index is 12.0. The van der Waals surface area contributed by atoms with Crippen LogP contribution in [0.4, 0.5) is 11.4 Å². The van der Waals surface area contributed by atoms with Crippen LogP contribution in [-0.2, 0) is 14.3 Å². The number of amides is 1. The van der Waals surface area contributed by atoms with Crippen molar-refractivity contribution in [1.82, 2.24) is 0 Å². The number of nitrogens with one attached hydrogen (secondary N) is 1. The summed E-state index contributed by atoms with van der Waals surface area (Å²) in [7, 11) is 1.34. The quantitative estimate of drug-likeness (QED) is 0.488. The molecule has 1 amide bonds. The Kier molecular flexibility index (Phi) is 4.59. The fourth-order valence-corrected chi connectivity index (χ4v) is 1.77. The zero-order chi connectivity index (χ0) is 16.3. The molecule has 0 radical (unpaired) electrons. The van der Waals surface area contributed by atoms with Crippen LogP contribution in [-0.4, -0.2) is 30.0 Å². The molecular weight excluding hydrogens is 292 g/mol. The van der Waals surface area contributed by atoms with Crippen molar-refractivity contribution in [1.29, 1.82) is 0 Å².